The number of anilines is 1. The third-order valence-electron chi connectivity index (χ3n) is 6.59. The third-order valence-corrected chi connectivity index (χ3v) is 7.40. The number of rotatable bonds is 6. The third kappa shape index (κ3) is 5.09. The molecule has 2 aliphatic rings. The van der Waals surface area contributed by atoms with Crippen molar-refractivity contribution in [3.8, 4) is 11.1 Å². The summed E-state index contributed by atoms with van der Waals surface area (Å²) < 4.78 is 0. The van der Waals surface area contributed by atoms with Crippen LogP contribution in [-0.4, -0.2) is 58.7 Å². The minimum Gasteiger partial charge on any atom is -0.369 e. The molecule has 7 nitrogen and oxygen atoms in total. The summed E-state index contributed by atoms with van der Waals surface area (Å²) >= 11 is 0.897. The van der Waals surface area contributed by atoms with Gasteiger partial charge in [0.05, 0.1) is 16.1 Å². The van der Waals surface area contributed by atoms with E-state index in [0.29, 0.717) is 10.6 Å². The second-order valence-electron chi connectivity index (χ2n) is 9.03. The van der Waals surface area contributed by atoms with Gasteiger partial charge in [0, 0.05) is 55.2 Å². The largest absolute Gasteiger partial charge is 0.369 e. The molecular weight excluding hydrogens is 458 g/mol. The minimum atomic E-state index is -0.380. The van der Waals surface area contributed by atoms with Crippen molar-refractivity contribution in [2.75, 3.05) is 37.6 Å². The average Bonchev–Trinajstić information content (AvgIpc) is 3.18. The van der Waals surface area contributed by atoms with Gasteiger partial charge in [-0.25, -0.2) is 4.98 Å². The fourth-order valence-electron chi connectivity index (χ4n) is 4.68. The molecule has 2 saturated heterocycles. The van der Waals surface area contributed by atoms with Gasteiger partial charge in [0.15, 0.2) is 0 Å². The maximum Gasteiger partial charge on any atom is 0.290 e. The number of piperazine rings is 1. The molecule has 2 fully saturated rings. The number of carbonyl (C=O) groups is 2. The lowest BCUT2D eigenvalue weighted by Gasteiger charge is -2.37. The SMILES string of the molecule is CCCCN1CCN(c2ccc(-c3cncc4ccc(C=C5SC(=O)NC5=O)nc34)cc2C)CC1. The lowest BCUT2D eigenvalue weighted by Crippen LogP contribution is -2.46. The molecular formula is C27H29N5O2S. The van der Waals surface area contributed by atoms with Crippen molar-refractivity contribution >= 4 is 45.6 Å². The predicted octanol–water partition coefficient (Wildman–Crippen LogP) is 4.85. The number of nitrogens with zero attached hydrogens (tertiary/aromatic N) is 4. The highest BCUT2D eigenvalue weighted by molar-refractivity contribution is 8.18. The van der Waals surface area contributed by atoms with E-state index in [4.69, 9.17) is 4.98 Å². The number of pyridine rings is 2. The Labute approximate surface area is 209 Å². The monoisotopic (exact) mass is 487 g/mol. The number of thioether (sulfide) groups is 1. The molecule has 0 atom stereocenters. The van der Waals surface area contributed by atoms with E-state index in [2.05, 4.69) is 52.1 Å². The van der Waals surface area contributed by atoms with Gasteiger partial charge in [0.2, 0.25) is 0 Å². The number of hydrogen-bond donors (Lipinski definition) is 1. The lowest BCUT2D eigenvalue weighted by molar-refractivity contribution is -0.115. The van der Waals surface area contributed by atoms with E-state index in [1.165, 1.54) is 30.6 Å². The van der Waals surface area contributed by atoms with Crippen LogP contribution in [0.2, 0.25) is 0 Å². The van der Waals surface area contributed by atoms with Crippen molar-refractivity contribution in [2.24, 2.45) is 0 Å². The number of carbonyl (C=O) groups excluding carboxylic acids is 2. The van der Waals surface area contributed by atoms with Gasteiger partial charge >= 0.3 is 0 Å². The smallest absolute Gasteiger partial charge is 0.290 e. The summed E-state index contributed by atoms with van der Waals surface area (Å²) in [6, 6.07) is 10.4. The van der Waals surface area contributed by atoms with E-state index in [0.717, 1.165) is 60.0 Å². The molecule has 1 aromatic carbocycles. The van der Waals surface area contributed by atoms with Crippen molar-refractivity contribution < 1.29 is 9.59 Å². The van der Waals surface area contributed by atoms with Gasteiger partial charge in [0.1, 0.15) is 0 Å². The Balaban J connectivity index is 1.41. The van der Waals surface area contributed by atoms with Crippen LogP contribution in [0, 0.1) is 6.92 Å². The molecule has 1 N–H and O–H groups in total. The van der Waals surface area contributed by atoms with E-state index in [1.54, 1.807) is 12.3 Å². The van der Waals surface area contributed by atoms with E-state index >= 15 is 0 Å². The number of nitrogens with one attached hydrogen (secondary N) is 1. The van der Waals surface area contributed by atoms with Gasteiger partial charge in [0.25, 0.3) is 11.1 Å². The molecule has 5 rings (SSSR count). The Morgan fingerprint density at radius 1 is 1.09 bits per heavy atom. The number of benzene rings is 1. The van der Waals surface area contributed by atoms with Crippen LogP contribution in [0.25, 0.3) is 28.1 Å². The molecule has 2 aromatic heterocycles. The second-order valence-corrected chi connectivity index (χ2v) is 10.0. The van der Waals surface area contributed by atoms with Crippen LogP contribution in [0.3, 0.4) is 0 Å². The molecule has 0 bridgehead atoms. The van der Waals surface area contributed by atoms with Gasteiger partial charge in [-0.1, -0.05) is 19.4 Å². The average molecular weight is 488 g/mol. The van der Waals surface area contributed by atoms with Crippen LogP contribution >= 0.6 is 11.8 Å². The molecule has 2 amide bonds. The highest BCUT2D eigenvalue weighted by Crippen LogP contribution is 2.32. The Bertz CT molecular complexity index is 1310. The van der Waals surface area contributed by atoms with Crippen molar-refractivity contribution in [3.63, 3.8) is 0 Å². The number of aryl methyl sites for hydroxylation is 1. The summed E-state index contributed by atoms with van der Waals surface area (Å²) in [4.78, 5) is 38.1. The first-order valence-electron chi connectivity index (χ1n) is 12.1. The summed E-state index contributed by atoms with van der Waals surface area (Å²) in [5.41, 5.74) is 5.97. The summed E-state index contributed by atoms with van der Waals surface area (Å²) in [6.07, 6.45) is 7.80. The normalized spacial score (nSPS) is 18.0. The lowest BCUT2D eigenvalue weighted by atomic mass is 10.0. The fraction of sp³-hybridized carbons (Fsp3) is 0.333. The van der Waals surface area contributed by atoms with Crippen molar-refractivity contribution in [3.05, 3.63) is 58.9 Å². The van der Waals surface area contributed by atoms with Gasteiger partial charge in [-0.3, -0.25) is 24.8 Å². The topological polar surface area (TPSA) is 78.4 Å². The molecule has 180 valence electrons. The summed E-state index contributed by atoms with van der Waals surface area (Å²) in [7, 11) is 0. The summed E-state index contributed by atoms with van der Waals surface area (Å²) in [5.74, 6) is -0.380. The van der Waals surface area contributed by atoms with Gasteiger partial charge < -0.3 is 4.90 Å². The van der Waals surface area contributed by atoms with Gasteiger partial charge in [-0.15, -0.1) is 0 Å². The molecule has 35 heavy (non-hydrogen) atoms. The first-order valence-corrected chi connectivity index (χ1v) is 12.9. The first-order chi connectivity index (χ1) is 17.0. The molecule has 4 heterocycles. The van der Waals surface area contributed by atoms with E-state index in [-0.39, 0.29) is 11.1 Å². The number of unbranched alkanes of at least 4 members (excludes halogenated alkanes) is 1. The molecule has 0 saturated carbocycles. The highest BCUT2D eigenvalue weighted by Gasteiger charge is 2.25. The van der Waals surface area contributed by atoms with E-state index in [1.807, 2.05) is 18.3 Å². The number of imide groups is 1. The van der Waals surface area contributed by atoms with Crippen LogP contribution in [0.1, 0.15) is 31.0 Å². The summed E-state index contributed by atoms with van der Waals surface area (Å²) in [6.45, 7) is 9.92. The van der Waals surface area contributed by atoms with Crippen LogP contribution < -0.4 is 10.2 Å². The number of fused-ring (bicyclic) bond motifs is 1. The number of aromatic nitrogens is 2. The van der Waals surface area contributed by atoms with Crippen LogP contribution in [-0.2, 0) is 4.79 Å². The Morgan fingerprint density at radius 3 is 2.63 bits per heavy atom. The number of amides is 2. The molecule has 0 radical (unpaired) electrons. The molecule has 2 aliphatic heterocycles. The van der Waals surface area contributed by atoms with Crippen molar-refractivity contribution in [1.82, 2.24) is 20.2 Å². The molecule has 0 aliphatic carbocycles. The maximum atomic E-state index is 11.9. The van der Waals surface area contributed by atoms with Crippen molar-refractivity contribution in [2.45, 2.75) is 26.7 Å². The van der Waals surface area contributed by atoms with Crippen LogP contribution in [0.4, 0.5) is 10.5 Å². The van der Waals surface area contributed by atoms with E-state index < -0.39 is 0 Å². The Hall–Kier alpha value is -3.23. The summed E-state index contributed by atoms with van der Waals surface area (Å²) in [5, 5.41) is 2.85. The van der Waals surface area contributed by atoms with Crippen LogP contribution in [0.5, 0.6) is 0 Å². The quantitative estimate of drug-likeness (QED) is 0.498. The highest BCUT2D eigenvalue weighted by atomic mass is 32.2. The van der Waals surface area contributed by atoms with Crippen LogP contribution in [0.15, 0.2) is 47.6 Å². The van der Waals surface area contributed by atoms with Crippen molar-refractivity contribution in [1.29, 1.82) is 0 Å². The van der Waals surface area contributed by atoms with E-state index in [9.17, 15) is 9.59 Å². The fourth-order valence-corrected chi connectivity index (χ4v) is 5.34. The Kier molecular flexibility index (Phi) is 6.83. The zero-order valence-electron chi connectivity index (χ0n) is 20.1. The molecule has 0 spiro atoms. The zero-order valence-corrected chi connectivity index (χ0v) is 20.9. The standard InChI is InChI=1S/C27H29N5O2S/c1-3-4-9-31-10-12-32(13-11-31)23-8-6-19(14-18(23)2)22-17-28-16-20-5-7-21(29-25(20)22)15-24-26(33)30-27(34)35-24/h5-8,14-17H,3-4,9-13H2,1-2H3,(H,30,33,34). The van der Waals surface area contributed by atoms with Gasteiger partial charge in [-0.05, 0) is 73.1 Å². The predicted molar refractivity (Wildman–Crippen MR) is 142 cm³/mol. The first kappa shape index (κ1) is 23.5. The number of hydrogen-bond acceptors (Lipinski definition) is 7. The molecule has 8 heteroatoms. The molecule has 0 unspecified atom stereocenters. The second kappa shape index (κ2) is 10.2. The van der Waals surface area contributed by atoms with Gasteiger partial charge in [-0.2, -0.15) is 0 Å². The minimum absolute atomic E-state index is 0.354. The zero-order chi connectivity index (χ0) is 24.4. The maximum absolute atomic E-state index is 11.9. The molecule has 3 aromatic rings. The Morgan fingerprint density at radius 2 is 1.91 bits per heavy atom.